The zero-order valence-corrected chi connectivity index (χ0v) is 11.4. The highest BCUT2D eigenvalue weighted by Gasteiger charge is 2.12. The molecule has 0 amide bonds. The average molecular weight is 276 g/mol. The number of pyridine rings is 1. The zero-order chi connectivity index (χ0) is 14.4. The molecule has 5 heteroatoms. The summed E-state index contributed by atoms with van der Waals surface area (Å²) >= 11 is 0. The number of esters is 1. The van der Waals surface area contributed by atoms with E-state index in [9.17, 15) is 9.18 Å². The van der Waals surface area contributed by atoms with Crippen LogP contribution in [0.5, 0.6) is 0 Å². The largest absolute Gasteiger partial charge is 0.461 e. The third-order valence-electron chi connectivity index (χ3n) is 2.91. The van der Waals surface area contributed by atoms with Gasteiger partial charge >= 0.3 is 5.97 Å². The fourth-order valence-corrected chi connectivity index (χ4v) is 1.86. The first kappa shape index (κ1) is 14.2. The van der Waals surface area contributed by atoms with Gasteiger partial charge in [0.15, 0.2) is 0 Å². The number of rotatable bonds is 6. The minimum absolute atomic E-state index is 0.349. The van der Waals surface area contributed by atoms with Crippen LogP contribution in [0.1, 0.15) is 35.8 Å². The zero-order valence-electron chi connectivity index (χ0n) is 11.4. The summed E-state index contributed by atoms with van der Waals surface area (Å²) < 4.78 is 20.0. The molecule has 2 heterocycles. The van der Waals surface area contributed by atoms with Crippen molar-refractivity contribution in [2.45, 2.75) is 26.3 Å². The Labute approximate surface area is 117 Å². The van der Waals surface area contributed by atoms with Crippen molar-refractivity contribution in [2.75, 3.05) is 6.61 Å². The van der Waals surface area contributed by atoms with Crippen molar-refractivity contribution in [3.8, 4) is 0 Å². The topological polar surface area (TPSA) is 44.1 Å². The van der Waals surface area contributed by atoms with Crippen molar-refractivity contribution in [3.05, 3.63) is 53.9 Å². The highest BCUT2D eigenvalue weighted by atomic mass is 19.1. The van der Waals surface area contributed by atoms with E-state index >= 15 is 0 Å². The second-order valence-electron chi connectivity index (χ2n) is 4.50. The first-order chi connectivity index (χ1) is 9.70. The first-order valence-electron chi connectivity index (χ1n) is 6.63. The number of carbonyl (C=O) groups is 1. The Kier molecular flexibility index (Phi) is 4.87. The lowest BCUT2D eigenvalue weighted by molar-refractivity contribution is 0.0488. The van der Waals surface area contributed by atoms with E-state index in [1.807, 2.05) is 6.92 Å². The van der Waals surface area contributed by atoms with Gasteiger partial charge in [0, 0.05) is 18.9 Å². The monoisotopic (exact) mass is 276 g/mol. The average Bonchev–Trinajstić information content (AvgIpc) is 2.87. The molecule has 0 aliphatic rings. The molecule has 0 aromatic carbocycles. The van der Waals surface area contributed by atoms with Gasteiger partial charge in [0.05, 0.1) is 6.61 Å². The Morgan fingerprint density at radius 2 is 2.30 bits per heavy atom. The van der Waals surface area contributed by atoms with Crippen LogP contribution in [0.4, 0.5) is 4.39 Å². The molecule has 4 nitrogen and oxygen atoms in total. The molecule has 2 rings (SSSR count). The lowest BCUT2D eigenvalue weighted by atomic mass is 10.2. The summed E-state index contributed by atoms with van der Waals surface area (Å²) in [6.07, 6.45) is 5.01. The van der Waals surface area contributed by atoms with Crippen molar-refractivity contribution >= 4 is 5.97 Å². The van der Waals surface area contributed by atoms with Crippen LogP contribution in [0.15, 0.2) is 36.7 Å². The van der Waals surface area contributed by atoms with Crippen LogP contribution >= 0.6 is 0 Å². The normalized spacial score (nSPS) is 10.5. The van der Waals surface area contributed by atoms with Crippen LogP contribution in [0.2, 0.25) is 0 Å². The Morgan fingerprint density at radius 1 is 1.45 bits per heavy atom. The molecular formula is C15H17FN2O2. The van der Waals surface area contributed by atoms with Gasteiger partial charge in [0.1, 0.15) is 5.69 Å². The van der Waals surface area contributed by atoms with E-state index in [-0.39, 0.29) is 5.97 Å². The van der Waals surface area contributed by atoms with E-state index < -0.39 is 5.95 Å². The van der Waals surface area contributed by atoms with Crippen molar-refractivity contribution in [1.29, 1.82) is 0 Å². The second-order valence-corrected chi connectivity index (χ2v) is 4.50. The Bertz CT molecular complexity index is 581. The van der Waals surface area contributed by atoms with E-state index in [2.05, 4.69) is 4.98 Å². The van der Waals surface area contributed by atoms with Crippen molar-refractivity contribution in [3.63, 3.8) is 0 Å². The molecule has 0 spiro atoms. The summed E-state index contributed by atoms with van der Waals surface area (Å²) in [4.78, 5) is 15.4. The van der Waals surface area contributed by atoms with Gasteiger partial charge in [0.2, 0.25) is 5.95 Å². The summed E-state index contributed by atoms with van der Waals surface area (Å²) in [7, 11) is 0. The number of carbonyl (C=O) groups excluding carboxylic acids is 1. The predicted octanol–water partition coefficient (Wildman–Crippen LogP) is 3.03. The number of halogens is 1. The third-order valence-corrected chi connectivity index (χ3v) is 2.91. The molecule has 2 aromatic heterocycles. The maximum absolute atomic E-state index is 13.0. The van der Waals surface area contributed by atoms with Crippen LogP contribution in [-0.4, -0.2) is 22.1 Å². The second kappa shape index (κ2) is 6.84. The summed E-state index contributed by atoms with van der Waals surface area (Å²) in [6.45, 7) is 2.86. The molecule has 0 aliphatic carbocycles. The minimum atomic E-state index is -0.526. The van der Waals surface area contributed by atoms with Gasteiger partial charge in [-0.1, -0.05) is 13.3 Å². The standard InChI is InChI=1S/C15H17FN2O2/c1-2-3-9-20-15(19)13-5-4-8-18(13)11-12-6-7-17-14(16)10-12/h4-8,10H,2-3,9,11H2,1H3. The van der Waals surface area contributed by atoms with Crippen molar-refractivity contribution in [1.82, 2.24) is 9.55 Å². The number of unbranched alkanes of at least 4 members (excludes halogenated alkanes) is 1. The number of aromatic nitrogens is 2. The molecule has 0 saturated heterocycles. The molecule has 0 N–H and O–H groups in total. The van der Waals surface area contributed by atoms with E-state index in [0.717, 1.165) is 18.4 Å². The SMILES string of the molecule is CCCCOC(=O)c1cccn1Cc1ccnc(F)c1. The fourth-order valence-electron chi connectivity index (χ4n) is 1.86. The van der Waals surface area contributed by atoms with Crippen LogP contribution in [0.25, 0.3) is 0 Å². The van der Waals surface area contributed by atoms with Gasteiger partial charge in [-0.2, -0.15) is 4.39 Å². The van der Waals surface area contributed by atoms with Crippen molar-refractivity contribution < 1.29 is 13.9 Å². The smallest absolute Gasteiger partial charge is 0.354 e. The molecule has 106 valence electrons. The third kappa shape index (κ3) is 3.66. The molecule has 0 radical (unpaired) electrons. The number of hydrogen-bond acceptors (Lipinski definition) is 3. The van der Waals surface area contributed by atoms with Crippen LogP contribution < -0.4 is 0 Å². The molecule has 0 aliphatic heterocycles. The Hall–Kier alpha value is -2.17. The summed E-state index contributed by atoms with van der Waals surface area (Å²) in [6, 6.07) is 6.54. The lowest BCUT2D eigenvalue weighted by Gasteiger charge is -2.09. The number of nitrogens with zero attached hydrogens (tertiary/aromatic N) is 2. The van der Waals surface area contributed by atoms with E-state index in [1.165, 1.54) is 12.3 Å². The van der Waals surface area contributed by atoms with Gasteiger partial charge in [-0.05, 0) is 36.2 Å². The number of hydrogen-bond donors (Lipinski definition) is 0. The Balaban J connectivity index is 2.06. The van der Waals surface area contributed by atoms with Gasteiger partial charge < -0.3 is 9.30 Å². The lowest BCUT2D eigenvalue weighted by Crippen LogP contribution is -2.13. The molecule has 2 aromatic rings. The Morgan fingerprint density at radius 3 is 3.05 bits per heavy atom. The molecule has 0 unspecified atom stereocenters. The van der Waals surface area contributed by atoms with Crippen LogP contribution in [-0.2, 0) is 11.3 Å². The summed E-state index contributed by atoms with van der Waals surface area (Å²) in [5.74, 6) is -0.875. The first-order valence-corrected chi connectivity index (χ1v) is 6.63. The summed E-state index contributed by atoms with van der Waals surface area (Å²) in [5, 5.41) is 0. The van der Waals surface area contributed by atoms with E-state index in [0.29, 0.717) is 18.8 Å². The maximum atomic E-state index is 13.0. The predicted molar refractivity (Wildman–Crippen MR) is 72.9 cm³/mol. The highest BCUT2D eigenvalue weighted by Crippen LogP contribution is 2.10. The van der Waals surface area contributed by atoms with Crippen molar-refractivity contribution in [2.24, 2.45) is 0 Å². The minimum Gasteiger partial charge on any atom is -0.461 e. The molecular weight excluding hydrogens is 259 g/mol. The van der Waals surface area contributed by atoms with Gasteiger partial charge in [0.25, 0.3) is 0 Å². The quantitative estimate of drug-likeness (QED) is 0.463. The van der Waals surface area contributed by atoms with Crippen LogP contribution in [0.3, 0.4) is 0 Å². The molecule has 0 atom stereocenters. The number of ether oxygens (including phenoxy) is 1. The maximum Gasteiger partial charge on any atom is 0.354 e. The molecule has 0 bridgehead atoms. The fraction of sp³-hybridized carbons (Fsp3) is 0.333. The van der Waals surface area contributed by atoms with E-state index in [4.69, 9.17) is 4.74 Å². The highest BCUT2D eigenvalue weighted by molar-refractivity contribution is 5.87. The molecule has 0 fully saturated rings. The van der Waals surface area contributed by atoms with Gasteiger partial charge in [-0.25, -0.2) is 9.78 Å². The summed E-state index contributed by atoms with van der Waals surface area (Å²) in [5.41, 5.74) is 1.22. The molecule has 0 saturated carbocycles. The van der Waals surface area contributed by atoms with E-state index in [1.54, 1.807) is 29.0 Å². The van der Waals surface area contributed by atoms with Gasteiger partial charge in [-0.15, -0.1) is 0 Å². The van der Waals surface area contributed by atoms with Gasteiger partial charge in [-0.3, -0.25) is 0 Å². The van der Waals surface area contributed by atoms with Crippen LogP contribution in [0, 0.1) is 5.95 Å². The molecule has 20 heavy (non-hydrogen) atoms.